The first kappa shape index (κ1) is 18.9. The second kappa shape index (κ2) is 8.70. The lowest BCUT2D eigenvalue weighted by molar-refractivity contribution is -0.137. The molecular formula is C22H21N3O4. The smallest absolute Gasteiger partial charge is 0.260 e. The van der Waals surface area contributed by atoms with Gasteiger partial charge in [0.2, 0.25) is 0 Å². The maximum absolute atomic E-state index is 12.7. The number of morpholine rings is 1. The number of hydrogen-bond donors (Lipinski definition) is 1. The van der Waals surface area contributed by atoms with E-state index < -0.39 is 0 Å². The van der Waals surface area contributed by atoms with Gasteiger partial charge in [0.25, 0.3) is 11.8 Å². The molecule has 4 rings (SSSR count). The van der Waals surface area contributed by atoms with Gasteiger partial charge in [-0.15, -0.1) is 0 Å². The first-order valence-corrected chi connectivity index (χ1v) is 9.44. The molecule has 148 valence electrons. The minimum absolute atomic E-state index is 0.0205. The van der Waals surface area contributed by atoms with Gasteiger partial charge in [-0.05, 0) is 36.4 Å². The van der Waals surface area contributed by atoms with E-state index in [9.17, 15) is 9.59 Å². The van der Waals surface area contributed by atoms with E-state index in [1.54, 1.807) is 41.4 Å². The van der Waals surface area contributed by atoms with Gasteiger partial charge in [0.15, 0.2) is 6.61 Å². The van der Waals surface area contributed by atoms with Crippen molar-refractivity contribution in [3.8, 4) is 5.75 Å². The van der Waals surface area contributed by atoms with Crippen LogP contribution < -0.4 is 10.1 Å². The SMILES string of the molecule is O=C(Nc1ccc(OCC(=O)N2CCOCC2)cc1)c1cccc2cccnc12. The van der Waals surface area contributed by atoms with Crippen molar-refractivity contribution in [2.45, 2.75) is 0 Å². The molecular weight excluding hydrogens is 370 g/mol. The minimum Gasteiger partial charge on any atom is -0.484 e. The van der Waals surface area contributed by atoms with Crippen LogP contribution in [-0.2, 0) is 9.53 Å². The largest absolute Gasteiger partial charge is 0.484 e. The van der Waals surface area contributed by atoms with Crippen molar-refractivity contribution in [2.75, 3.05) is 38.2 Å². The van der Waals surface area contributed by atoms with E-state index in [0.717, 1.165) is 5.39 Å². The molecule has 1 aliphatic heterocycles. The number of para-hydroxylation sites is 1. The second-order valence-electron chi connectivity index (χ2n) is 6.64. The number of hydrogen-bond acceptors (Lipinski definition) is 5. The van der Waals surface area contributed by atoms with Gasteiger partial charge in [0, 0.05) is 30.4 Å². The zero-order valence-corrected chi connectivity index (χ0v) is 15.8. The Hall–Kier alpha value is -3.45. The van der Waals surface area contributed by atoms with E-state index in [0.29, 0.717) is 48.8 Å². The molecule has 1 aliphatic rings. The quantitative estimate of drug-likeness (QED) is 0.723. The Morgan fingerprint density at radius 1 is 1.03 bits per heavy atom. The molecule has 0 aliphatic carbocycles. The summed E-state index contributed by atoms with van der Waals surface area (Å²) in [7, 11) is 0. The van der Waals surface area contributed by atoms with Crippen LogP contribution in [0.1, 0.15) is 10.4 Å². The molecule has 0 bridgehead atoms. The number of ether oxygens (including phenoxy) is 2. The standard InChI is InChI=1S/C22H21N3O4/c26-20(25-11-13-28-14-12-25)15-29-18-8-6-17(7-9-18)24-22(27)19-5-1-3-16-4-2-10-23-21(16)19/h1-10H,11-15H2,(H,24,27). The van der Waals surface area contributed by atoms with Crippen molar-refractivity contribution in [3.63, 3.8) is 0 Å². The van der Waals surface area contributed by atoms with Crippen molar-refractivity contribution < 1.29 is 19.1 Å². The van der Waals surface area contributed by atoms with Crippen LogP contribution in [0.5, 0.6) is 5.75 Å². The Kier molecular flexibility index (Phi) is 5.67. The Morgan fingerprint density at radius 2 is 1.79 bits per heavy atom. The Labute approximate surface area is 168 Å². The third-order valence-corrected chi connectivity index (χ3v) is 4.72. The summed E-state index contributed by atoms with van der Waals surface area (Å²) in [5, 5.41) is 3.78. The number of benzene rings is 2. The van der Waals surface area contributed by atoms with Gasteiger partial charge in [-0.2, -0.15) is 0 Å². The molecule has 3 aromatic rings. The molecule has 1 N–H and O–H groups in total. The highest BCUT2D eigenvalue weighted by molar-refractivity contribution is 6.11. The number of rotatable bonds is 5. The molecule has 0 unspecified atom stereocenters. The first-order valence-electron chi connectivity index (χ1n) is 9.44. The predicted octanol–water partition coefficient (Wildman–Crippen LogP) is 2.72. The van der Waals surface area contributed by atoms with E-state index >= 15 is 0 Å². The number of carbonyl (C=O) groups excluding carboxylic acids is 2. The first-order chi connectivity index (χ1) is 14.2. The number of anilines is 1. The number of aromatic nitrogens is 1. The Morgan fingerprint density at radius 3 is 2.59 bits per heavy atom. The zero-order chi connectivity index (χ0) is 20.1. The molecule has 1 saturated heterocycles. The number of carbonyl (C=O) groups is 2. The molecule has 0 radical (unpaired) electrons. The summed E-state index contributed by atoms with van der Waals surface area (Å²) in [6.07, 6.45) is 1.67. The van der Waals surface area contributed by atoms with Crippen LogP contribution in [0.4, 0.5) is 5.69 Å². The lowest BCUT2D eigenvalue weighted by Gasteiger charge is -2.26. The molecule has 7 nitrogen and oxygen atoms in total. The van der Waals surface area contributed by atoms with Gasteiger partial charge >= 0.3 is 0 Å². The van der Waals surface area contributed by atoms with E-state index in [4.69, 9.17) is 9.47 Å². The van der Waals surface area contributed by atoms with Gasteiger partial charge in [-0.3, -0.25) is 14.6 Å². The second-order valence-corrected chi connectivity index (χ2v) is 6.64. The van der Waals surface area contributed by atoms with Crippen molar-refractivity contribution in [2.24, 2.45) is 0 Å². The fourth-order valence-corrected chi connectivity index (χ4v) is 3.17. The van der Waals surface area contributed by atoms with Crippen LogP contribution in [0.2, 0.25) is 0 Å². The average molecular weight is 391 g/mol. The summed E-state index contributed by atoms with van der Waals surface area (Å²) in [6.45, 7) is 2.29. The molecule has 1 fully saturated rings. The van der Waals surface area contributed by atoms with E-state index in [2.05, 4.69) is 10.3 Å². The van der Waals surface area contributed by atoms with Crippen LogP contribution in [0, 0.1) is 0 Å². The van der Waals surface area contributed by atoms with Gasteiger partial charge in [-0.1, -0.05) is 18.2 Å². The highest BCUT2D eigenvalue weighted by atomic mass is 16.5. The van der Waals surface area contributed by atoms with Gasteiger partial charge in [0.1, 0.15) is 5.75 Å². The van der Waals surface area contributed by atoms with Crippen LogP contribution in [0.25, 0.3) is 10.9 Å². The number of amides is 2. The lowest BCUT2D eigenvalue weighted by Crippen LogP contribution is -2.42. The molecule has 2 amide bonds. The summed E-state index contributed by atoms with van der Waals surface area (Å²) in [5.74, 6) is 0.274. The van der Waals surface area contributed by atoms with Crippen LogP contribution in [0.15, 0.2) is 60.8 Å². The average Bonchev–Trinajstić information content (AvgIpc) is 2.78. The maximum atomic E-state index is 12.7. The molecule has 2 heterocycles. The third-order valence-electron chi connectivity index (χ3n) is 4.72. The summed E-state index contributed by atoms with van der Waals surface area (Å²) in [6, 6.07) is 16.2. The maximum Gasteiger partial charge on any atom is 0.260 e. The van der Waals surface area contributed by atoms with Crippen LogP contribution in [0.3, 0.4) is 0 Å². The summed E-state index contributed by atoms with van der Waals surface area (Å²) >= 11 is 0. The zero-order valence-electron chi connectivity index (χ0n) is 15.8. The topological polar surface area (TPSA) is 80.8 Å². The molecule has 0 spiro atoms. The van der Waals surface area contributed by atoms with Gasteiger partial charge in [0.05, 0.1) is 24.3 Å². The van der Waals surface area contributed by atoms with E-state index in [1.807, 2.05) is 24.3 Å². The predicted molar refractivity (Wildman–Crippen MR) is 109 cm³/mol. The minimum atomic E-state index is -0.231. The molecule has 2 aromatic carbocycles. The highest BCUT2D eigenvalue weighted by Crippen LogP contribution is 2.20. The summed E-state index contributed by atoms with van der Waals surface area (Å²) in [5.41, 5.74) is 1.81. The Bertz CT molecular complexity index is 1010. The van der Waals surface area contributed by atoms with E-state index in [-0.39, 0.29) is 18.4 Å². The fourth-order valence-electron chi connectivity index (χ4n) is 3.17. The highest BCUT2D eigenvalue weighted by Gasteiger charge is 2.17. The van der Waals surface area contributed by atoms with Crippen LogP contribution in [-0.4, -0.2) is 54.6 Å². The third kappa shape index (κ3) is 4.52. The Balaban J connectivity index is 1.36. The fraction of sp³-hybridized carbons (Fsp3) is 0.227. The molecule has 0 atom stereocenters. The normalized spacial score (nSPS) is 13.9. The van der Waals surface area contributed by atoms with E-state index in [1.165, 1.54) is 0 Å². The number of nitrogens with zero attached hydrogens (tertiary/aromatic N) is 2. The molecule has 1 aromatic heterocycles. The molecule has 7 heteroatoms. The number of fused-ring (bicyclic) bond motifs is 1. The molecule has 0 saturated carbocycles. The van der Waals surface area contributed by atoms with Crippen molar-refractivity contribution in [1.82, 2.24) is 9.88 Å². The van der Waals surface area contributed by atoms with Gasteiger partial charge < -0.3 is 19.7 Å². The summed E-state index contributed by atoms with van der Waals surface area (Å²) < 4.78 is 10.8. The van der Waals surface area contributed by atoms with Crippen molar-refractivity contribution in [1.29, 1.82) is 0 Å². The lowest BCUT2D eigenvalue weighted by atomic mass is 10.1. The van der Waals surface area contributed by atoms with Gasteiger partial charge in [-0.25, -0.2) is 0 Å². The number of pyridine rings is 1. The van der Waals surface area contributed by atoms with Crippen molar-refractivity contribution in [3.05, 3.63) is 66.4 Å². The van der Waals surface area contributed by atoms with Crippen LogP contribution >= 0.6 is 0 Å². The molecule has 29 heavy (non-hydrogen) atoms. The monoisotopic (exact) mass is 391 g/mol. The van der Waals surface area contributed by atoms with Crippen molar-refractivity contribution >= 4 is 28.4 Å². The number of nitrogens with one attached hydrogen (secondary N) is 1. The summed E-state index contributed by atoms with van der Waals surface area (Å²) in [4.78, 5) is 30.8.